The van der Waals surface area contributed by atoms with Crippen molar-refractivity contribution >= 4 is 74.1 Å². The summed E-state index contributed by atoms with van der Waals surface area (Å²) in [6.45, 7) is -0.401. The molecule has 0 aliphatic rings. The summed E-state index contributed by atoms with van der Waals surface area (Å²) in [4.78, 5) is 28.1. The Hall–Kier alpha value is -1.80. The predicted octanol–water partition coefficient (Wildman–Crippen LogP) is 4.88. The second-order valence-electron chi connectivity index (χ2n) is 5.05. The van der Waals surface area contributed by atoms with Crippen LogP contribution in [0.25, 0.3) is 10.2 Å². The Labute approximate surface area is 167 Å². The largest absolute Gasteiger partial charge is 0.455 e. The Bertz CT molecular complexity index is 929. The summed E-state index contributed by atoms with van der Waals surface area (Å²) in [5.74, 6) is -0.917. The fraction of sp³-hybridized carbons (Fsp3) is 0.118. The molecule has 1 aromatic heterocycles. The van der Waals surface area contributed by atoms with Crippen LogP contribution in [0.3, 0.4) is 0 Å². The van der Waals surface area contributed by atoms with Crippen molar-refractivity contribution in [3.63, 3.8) is 0 Å². The summed E-state index contributed by atoms with van der Waals surface area (Å²) in [6, 6.07) is 12.6. The lowest BCUT2D eigenvalue weighted by molar-refractivity contribution is -0.144. The quantitative estimate of drug-likeness (QED) is 0.449. The summed E-state index contributed by atoms with van der Waals surface area (Å²) < 4.78 is 6.80. The standard InChI is InChI=1S/C17H12Cl2N2O3S2/c18-10-4-3-6-12(16(10)19)20-14(22)8-24-15(23)9-25-17-21-11-5-1-2-7-13(11)26-17/h1-7H,8-9H2,(H,20,22). The molecule has 0 spiro atoms. The molecule has 9 heteroatoms. The van der Waals surface area contributed by atoms with Crippen LogP contribution >= 0.6 is 46.3 Å². The zero-order valence-corrected chi connectivity index (χ0v) is 16.3. The second kappa shape index (κ2) is 8.73. The molecule has 2 aromatic carbocycles. The van der Waals surface area contributed by atoms with Gasteiger partial charge in [0.2, 0.25) is 0 Å². The van der Waals surface area contributed by atoms with Crippen LogP contribution in [-0.4, -0.2) is 29.2 Å². The van der Waals surface area contributed by atoms with Gasteiger partial charge in [0, 0.05) is 0 Å². The van der Waals surface area contributed by atoms with Crippen molar-refractivity contribution in [2.75, 3.05) is 17.7 Å². The smallest absolute Gasteiger partial charge is 0.316 e. The van der Waals surface area contributed by atoms with E-state index in [1.807, 2.05) is 24.3 Å². The van der Waals surface area contributed by atoms with Gasteiger partial charge in [-0.15, -0.1) is 11.3 Å². The lowest BCUT2D eigenvalue weighted by atomic mass is 10.3. The van der Waals surface area contributed by atoms with E-state index in [9.17, 15) is 9.59 Å². The van der Waals surface area contributed by atoms with Crippen molar-refractivity contribution < 1.29 is 14.3 Å². The summed E-state index contributed by atoms with van der Waals surface area (Å²) >= 11 is 14.6. The van der Waals surface area contributed by atoms with Crippen molar-refractivity contribution in [2.24, 2.45) is 0 Å². The first-order valence-electron chi connectivity index (χ1n) is 7.41. The van der Waals surface area contributed by atoms with Gasteiger partial charge < -0.3 is 10.1 Å². The summed E-state index contributed by atoms with van der Waals surface area (Å²) in [7, 11) is 0. The predicted molar refractivity (Wildman–Crippen MR) is 106 cm³/mol. The number of nitrogens with one attached hydrogen (secondary N) is 1. The highest BCUT2D eigenvalue weighted by molar-refractivity contribution is 8.01. The highest BCUT2D eigenvalue weighted by Crippen LogP contribution is 2.30. The van der Waals surface area contributed by atoms with Crippen LogP contribution in [0.4, 0.5) is 5.69 Å². The number of nitrogens with zero attached hydrogens (tertiary/aromatic N) is 1. The average Bonchev–Trinajstić information content (AvgIpc) is 3.05. The number of thioether (sulfide) groups is 1. The number of thiazole rings is 1. The number of rotatable bonds is 6. The number of benzene rings is 2. The van der Waals surface area contributed by atoms with E-state index in [1.165, 1.54) is 23.1 Å². The molecule has 0 bridgehead atoms. The molecule has 0 fully saturated rings. The van der Waals surface area contributed by atoms with Crippen molar-refractivity contribution in [3.8, 4) is 0 Å². The van der Waals surface area contributed by atoms with Crippen molar-refractivity contribution in [2.45, 2.75) is 4.34 Å². The Morgan fingerprint density at radius 1 is 1.15 bits per heavy atom. The van der Waals surface area contributed by atoms with Crippen LogP contribution in [0.15, 0.2) is 46.8 Å². The highest BCUT2D eigenvalue weighted by Gasteiger charge is 2.12. The number of esters is 1. The molecule has 0 aliphatic heterocycles. The van der Waals surface area contributed by atoms with Gasteiger partial charge in [0.15, 0.2) is 10.9 Å². The number of amides is 1. The van der Waals surface area contributed by atoms with Gasteiger partial charge >= 0.3 is 5.97 Å². The zero-order chi connectivity index (χ0) is 18.5. The van der Waals surface area contributed by atoms with Crippen LogP contribution in [-0.2, 0) is 14.3 Å². The van der Waals surface area contributed by atoms with Gasteiger partial charge in [0.25, 0.3) is 5.91 Å². The first-order chi connectivity index (χ1) is 12.5. The summed E-state index contributed by atoms with van der Waals surface area (Å²) in [5.41, 5.74) is 1.26. The van der Waals surface area contributed by atoms with Crippen LogP contribution in [0.1, 0.15) is 0 Å². The van der Waals surface area contributed by atoms with Gasteiger partial charge in [-0.05, 0) is 24.3 Å². The van der Waals surface area contributed by atoms with Crippen molar-refractivity contribution in [1.82, 2.24) is 4.98 Å². The Morgan fingerprint density at radius 3 is 2.77 bits per heavy atom. The maximum atomic E-state index is 11.9. The van der Waals surface area contributed by atoms with E-state index < -0.39 is 18.5 Å². The van der Waals surface area contributed by atoms with Crippen LogP contribution in [0.2, 0.25) is 10.0 Å². The van der Waals surface area contributed by atoms with Crippen LogP contribution in [0, 0.1) is 0 Å². The van der Waals surface area contributed by atoms with Gasteiger partial charge in [-0.1, -0.05) is 53.2 Å². The molecule has 1 heterocycles. The van der Waals surface area contributed by atoms with Gasteiger partial charge in [-0.25, -0.2) is 4.98 Å². The fourth-order valence-electron chi connectivity index (χ4n) is 2.01. The highest BCUT2D eigenvalue weighted by atomic mass is 35.5. The fourth-order valence-corrected chi connectivity index (χ4v) is 4.22. The maximum Gasteiger partial charge on any atom is 0.316 e. The topological polar surface area (TPSA) is 68.3 Å². The molecular weight excluding hydrogens is 415 g/mol. The van der Waals surface area contributed by atoms with E-state index in [1.54, 1.807) is 18.2 Å². The molecule has 0 unspecified atom stereocenters. The third-order valence-corrected chi connectivity index (χ3v) is 6.15. The molecule has 1 amide bonds. The zero-order valence-electron chi connectivity index (χ0n) is 13.2. The molecule has 0 saturated heterocycles. The third kappa shape index (κ3) is 4.88. The number of carbonyl (C=O) groups excluding carboxylic acids is 2. The monoisotopic (exact) mass is 426 g/mol. The minimum absolute atomic E-state index is 0.0744. The van der Waals surface area contributed by atoms with E-state index in [4.69, 9.17) is 27.9 Å². The summed E-state index contributed by atoms with van der Waals surface area (Å²) in [6.07, 6.45) is 0. The number of ether oxygens (including phenoxy) is 1. The molecule has 0 saturated carbocycles. The van der Waals surface area contributed by atoms with E-state index in [2.05, 4.69) is 10.3 Å². The Kier molecular flexibility index (Phi) is 6.37. The van der Waals surface area contributed by atoms with Crippen molar-refractivity contribution in [1.29, 1.82) is 0 Å². The number of para-hydroxylation sites is 1. The van der Waals surface area contributed by atoms with E-state index >= 15 is 0 Å². The first kappa shape index (κ1) is 19.0. The van der Waals surface area contributed by atoms with Crippen LogP contribution < -0.4 is 5.32 Å². The molecule has 26 heavy (non-hydrogen) atoms. The number of aromatic nitrogens is 1. The Morgan fingerprint density at radius 2 is 1.96 bits per heavy atom. The number of halogens is 2. The Balaban J connectivity index is 1.46. The van der Waals surface area contributed by atoms with E-state index in [-0.39, 0.29) is 10.8 Å². The maximum absolute atomic E-state index is 11.9. The molecule has 5 nitrogen and oxygen atoms in total. The average molecular weight is 427 g/mol. The lowest BCUT2D eigenvalue weighted by Gasteiger charge is -2.08. The van der Waals surface area contributed by atoms with Crippen LogP contribution in [0.5, 0.6) is 0 Å². The minimum Gasteiger partial charge on any atom is -0.455 e. The van der Waals surface area contributed by atoms with Gasteiger partial charge in [0.1, 0.15) is 0 Å². The number of carbonyl (C=O) groups is 2. The first-order valence-corrected chi connectivity index (χ1v) is 9.96. The normalized spacial score (nSPS) is 10.7. The molecule has 3 rings (SSSR count). The molecule has 3 aromatic rings. The summed E-state index contributed by atoms with van der Waals surface area (Å²) in [5, 5.41) is 3.11. The molecule has 0 aliphatic carbocycles. The molecule has 0 atom stereocenters. The lowest BCUT2D eigenvalue weighted by Crippen LogP contribution is -2.21. The molecule has 1 N–H and O–H groups in total. The van der Waals surface area contributed by atoms with E-state index in [0.717, 1.165) is 14.6 Å². The molecular formula is C17H12Cl2N2O3S2. The number of anilines is 1. The van der Waals surface area contributed by atoms with Gasteiger partial charge in [-0.3, -0.25) is 9.59 Å². The molecule has 0 radical (unpaired) electrons. The van der Waals surface area contributed by atoms with Crippen molar-refractivity contribution in [3.05, 3.63) is 52.5 Å². The van der Waals surface area contributed by atoms with Gasteiger partial charge in [-0.2, -0.15) is 0 Å². The minimum atomic E-state index is -0.499. The SMILES string of the molecule is O=C(COC(=O)CSc1nc2ccccc2s1)Nc1cccc(Cl)c1Cl. The number of fused-ring (bicyclic) bond motifs is 1. The van der Waals surface area contributed by atoms with Gasteiger partial charge in [0.05, 0.1) is 31.7 Å². The third-order valence-electron chi connectivity index (χ3n) is 3.18. The molecule has 134 valence electrons. The number of hydrogen-bond acceptors (Lipinski definition) is 6. The van der Waals surface area contributed by atoms with E-state index in [0.29, 0.717) is 10.7 Å². The second-order valence-corrected chi connectivity index (χ2v) is 8.08. The number of hydrogen-bond donors (Lipinski definition) is 1.